The Morgan fingerprint density at radius 2 is 2.00 bits per heavy atom. The molecule has 0 aliphatic rings. The van der Waals surface area contributed by atoms with Crippen molar-refractivity contribution < 1.29 is 13.9 Å². The first-order valence-corrected chi connectivity index (χ1v) is 5.90. The van der Waals surface area contributed by atoms with Gasteiger partial charge in [0.15, 0.2) is 11.5 Å². The topological polar surface area (TPSA) is 39.4 Å². The van der Waals surface area contributed by atoms with E-state index in [2.05, 4.69) is 0 Å². The summed E-state index contributed by atoms with van der Waals surface area (Å²) in [6.07, 6.45) is 0.822. The lowest BCUT2D eigenvalue weighted by atomic mass is 10.0. The van der Waals surface area contributed by atoms with Gasteiger partial charge in [0.2, 0.25) is 0 Å². The van der Waals surface area contributed by atoms with Crippen LogP contribution in [0.1, 0.15) is 23.0 Å². The fourth-order valence-electron chi connectivity index (χ4n) is 1.86. The Bertz CT molecular complexity index is 540. The van der Waals surface area contributed by atoms with Crippen molar-refractivity contribution in [2.75, 3.05) is 13.7 Å². The number of ketones is 1. The summed E-state index contributed by atoms with van der Waals surface area (Å²) in [5, 5.41) is 0. The first-order valence-electron chi connectivity index (χ1n) is 5.90. The predicted octanol–water partition coefficient (Wildman–Crippen LogP) is 3.34. The molecule has 0 radical (unpaired) electrons. The standard InChI is InChI=1S/C15H16O3/c1-11(16)14-7-8-15(18-14)13-6-4-3-5-12(13)9-10-17-2/h3-8H,9-10H2,1-2H3. The van der Waals surface area contributed by atoms with E-state index in [1.807, 2.05) is 30.3 Å². The Kier molecular flexibility index (Phi) is 3.95. The number of methoxy groups -OCH3 is 1. The Hall–Kier alpha value is -1.87. The predicted molar refractivity (Wildman–Crippen MR) is 69.7 cm³/mol. The summed E-state index contributed by atoms with van der Waals surface area (Å²) in [6, 6.07) is 11.5. The van der Waals surface area contributed by atoms with Gasteiger partial charge < -0.3 is 9.15 Å². The zero-order chi connectivity index (χ0) is 13.0. The van der Waals surface area contributed by atoms with Gasteiger partial charge in [0, 0.05) is 19.6 Å². The summed E-state index contributed by atoms with van der Waals surface area (Å²) < 4.78 is 10.7. The molecule has 0 saturated carbocycles. The number of Topliss-reactive ketones (excluding diaryl/α,β-unsaturated/α-hetero) is 1. The van der Waals surface area contributed by atoms with E-state index in [0.29, 0.717) is 12.4 Å². The molecule has 0 amide bonds. The van der Waals surface area contributed by atoms with Gasteiger partial charge in [0.1, 0.15) is 5.76 Å². The molecule has 2 rings (SSSR count). The Morgan fingerprint density at radius 1 is 1.22 bits per heavy atom. The second-order valence-electron chi connectivity index (χ2n) is 4.12. The van der Waals surface area contributed by atoms with Crippen LogP contribution in [0.25, 0.3) is 11.3 Å². The molecular weight excluding hydrogens is 228 g/mol. The lowest BCUT2D eigenvalue weighted by Gasteiger charge is -2.06. The molecule has 3 heteroatoms. The van der Waals surface area contributed by atoms with Crippen molar-refractivity contribution in [3.8, 4) is 11.3 Å². The number of ether oxygens (including phenoxy) is 1. The molecule has 0 N–H and O–H groups in total. The molecule has 0 bridgehead atoms. The van der Waals surface area contributed by atoms with E-state index in [1.165, 1.54) is 6.92 Å². The monoisotopic (exact) mass is 244 g/mol. The average molecular weight is 244 g/mol. The summed E-state index contributed by atoms with van der Waals surface area (Å²) in [5.74, 6) is 1.06. The third kappa shape index (κ3) is 2.68. The van der Waals surface area contributed by atoms with E-state index in [9.17, 15) is 4.79 Å². The molecule has 1 aromatic carbocycles. The number of furan rings is 1. The van der Waals surface area contributed by atoms with Gasteiger partial charge in [-0.2, -0.15) is 0 Å². The van der Waals surface area contributed by atoms with Crippen LogP contribution in [0.2, 0.25) is 0 Å². The normalized spacial score (nSPS) is 10.6. The highest BCUT2D eigenvalue weighted by atomic mass is 16.5. The van der Waals surface area contributed by atoms with Crippen molar-refractivity contribution in [1.82, 2.24) is 0 Å². The molecule has 94 valence electrons. The lowest BCUT2D eigenvalue weighted by molar-refractivity contribution is 0.0988. The fourth-order valence-corrected chi connectivity index (χ4v) is 1.86. The van der Waals surface area contributed by atoms with Gasteiger partial charge >= 0.3 is 0 Å². The Balaban J connectivity index is 2.33. The van der Waals surface area contributed by atoms with E-state index in [-0.39, 0.29) is 5.78 Å². The van der Waals surface area contributed by atoms with Crippen LogP contribution in [0.15, 0.2) is 40.8 Å². The second kappa shape index (κ2) is 5.65. The van der Waals surface area contributed by atoms with Gasteiger partial charge in [-0.1, -0.05) is 24.3 Å². The van der Waals surface area contributed by atoms with Gasteiger partial charge in [-0.25, -0.2) is 0 Å². The van der Waals surface area contributed by atoms with E-state index < -0.39 is 0 Å². The average Bonchev–Trinajstić information content (AvgIpc) is 2.86. The first-order chi connectivity index (χ1) is 8.72. The summed E-state index contributed by atoms with van der Waals surface area (Å²) in [7, 11) is 1.68. The highest BCUT2D eigenvalue weighted by Gasteiger charge is 2.11. The van der Waals surface area contributed by atoms with E-state index in [4.69, 9.17) is 9.15 Å². The molecule has 0 atom stereocenters. The lowest BCUT2D eigenvalue weighted by Crippen LogP contribution is -1.96. The minimum absolute atomic E-state index is 0.0596. The fraction of sp³-hybridized carbons (Fsp3) is 0.267. The molecule has 1 aromatic heterocycles. The van der Waals surface area contributed by atoms with Crippen molar-refractivity contribution in [2.24, 2.45) is 0 Å². The van der Waals surface area contributed by atoms with Crippen LogP contribution in [0.5, 0.6) is 0 Å². The van der Waals surface area contributed by atoms with Crippen LogP contribution in [0, 0.1) is 0 Å². The molecule has 0 unspecified atom stereocenters. The molecule has 3 nitrogen and oxygen atoms in total. The number of rotatable bonds is 5. The van der Waals surface area contributed by atoms with Crippen LogP contribution in [-0.4, -0.2) is 19.5 Å². The van der Waals surface area contributed by atoms with Crippen LogP contribution in [0.3, 0.4) is 0 Å². The van der Waals surface area contributed by atoms with Crippen molar-refractivity contribution in [3.63, 3.8) is 0 Å². The van der Waals surface area contributed by atoms with Gasteiger partial charge in [0.25, 0.3) is 0 Å². The van der Waals surface area contributed by atoms with Crippen molar-refractivity contribution in [3.05, 3.63) is 47.7 Å². The van der Waals surface area contributed by atoms with Crippen molar-refractivity contribution in [2.45, 2.75) is 13.3 Å². The number of hydrogen-bond donors (Lipinski definition) is 0. The molecule has 1 heterocycles. The highest BCUT2D eigenvalue weighted by molar-refractivity contribution is 5.91. The second-order valence-corrected chi connectivity index (χ2v) is 4.12. The van der Waals surface area contributed by atoms with Crippen molar-refractivity contribution in [1.29, 1.82) is 0 Å². The minimum Gasteiger partial charge on any atom is -0.453 e. The molecule has 0 aliphatic carbocycles. The summed E-state index contributed by atoms with van der Waals surface area (Å²) in [6.45, 7) is 2.16. The summed E-state index contributed by atoms with van der Waals surface area (Å²) in [5.41, 5.74) is 2.17. The van der Waals surface area contributed by atoms with Crippen LogP contribution >= 0.6 is 0 Å². The van der Waals surface area contributed by atoms with Gasteiger partial charge in [-0.15, -0.1) is 0 Å². The van der Waals surface area contributed by atoms with E-state index in [0.717, 1.165) is 23.3 Å². The van der Waals surface area contributed by atoms with Crippen LogP contribution in [0.4, 0.5) is 0 Å². The van der Waals surface area contributed by atoms with Crippen LogP contribution in [-0.2, 0) is 11.2 Å². The molecule has 0 saturated heterocycles. The number of carbonyl (C=O) groups is 1. The maximum absolute atomic E-state index is 11.2. The number of benzene rings is 1. The third-order valence-corrected chi connectivity index (χ3v) is 2.81. The summed E-state index contributed by atoms with van der Waals surface area (Å²) >= 11 is 0. The molecule has 0 aliphatic heterocycles. The van der Waals surface area contributed by atoms with Gasteiger partial charge in [-0.3, -0.25) is 4.79 Å². The number of hydrogen-bond acceptors (Lipinski definition) is 3. The smallest absolute Gasteiger partial charge is 0.194 e. The molecule has 2 aromatic rings. The molecule has 18 heavy (non-hydrogen) atoms. The van der Waals surface area contributed by atoms with E-state index in [1.54, 1.807) is 13.2 Å². The third-order valence-electron chi connectivity index (χ3n) is 2.81. The Morgan fingerprint density at radius 3 is 2.67 bits per heavy atom. The zero-order valence-electron chi connectivity index (χ0n) is 10.6. The SMILES string of the molecule is COCCc1ccccc1-c1ccc(C(C)=O)o1. The quantitative estimate of drug-likeness (QED) is 0.757. The minimum atomic E-state index is -0.0596. The Labute approximate surface area is 106 Å². The number of carbonyl (C=O) groups excluding carboxylic acids is 1. The largest absolute Gasteiger partial charge is 0.453 e. The molecule has 0 fully saturated rings. The molecule has 0 spiro atoms. The maximum Gasteiger partial charge on any atom is 0.194 e. The highest BCUT2D eigenvalue weighted by Crippen LogP contribution is 2.26. The van der Waals surface area contributed by atoms with Crippen molar-refractivity contribution >= 4 is 5.78 Å². The van der Waals surface area contributed by atoms with Gasteiger partial charge in [0.05, 0.1) is 6.61 Å². The maximum atomic E-state index is 11.2. The van der Waals surface area contributed by atoms with E-state index >= 15 is 0 Å². The van der Waals surface area contributed by atoms with Gasteiger partial charge in [-0.05, 0) is 24.1 Å². The summed E-state index contributed by atoms with van der Waals surface area (Å²) in [4.78, 5) is 11.2. The zero-order valence-corrected chi connectivity index (χ0v) is 10.6. The molecular formula is C15H16O3. The van der Waals surface area contributed by atoms with Crippen LogP contribution < -0.4 is 0 Å². The first kappa shape index (κ1) is 12.6.